The SMILES string of the molecule is CCNC(=NCCC(=O)N1CCCC(C)C1)N1CCN(c2ncccn2)CC1. The summed E-state index contributed by atoms with van der Waals surface area (Å²) < 4.78 is 0. The van der Waals surface area contributed by atoms with Gasteiger partial charge in [-0.15, -0.1) is 0 Å². The predicted molar refractivity (Wildman–Crippen MR) is 111 cm³/mol. The number of likely N-dealkylation sites (tertiary alicyclic amines) is 1. The lowest BCUT2D eigenvalue weighted by Gasteiger charge is -2.36. The molecule has 0 radical (unpaired) electrons. The van der Waals surface area contributed by atoms with Crippen LogP contribution in [0.5, 0.6) is 0 Å². The first-order chi connectivity index (χ1) is 13.7. The minimum atomic E-state index is 0.234. The third-order valence-corrected chi connectivity index (χ3v) is 5.35. The summed E-state index contributed by atoms with van der Waals surface area (Å²) in [6.45, 7) is 10.9. The summed E-state index contributed by atoms with van der Waals surface area (Å²) in [5.74, 6) is 2.53. The maximum absolute atomic E-state index is 12.5. The van der Waals surface area contributed by atoms with Gasteiger partial charge < -0.3 is 20.0 Å². The van der Waals surface area contributed by atoms with Gasteiger partial charge in [-0.05, 0) is 31.7 Å². The number of hydrogen-bond acceptors (Lipinski definition) is 5. The van der Waals surface area contributed by atoms with Crippen molar-refractivity contribution in [2.45, 2.75) is 33.1 Å². The van der Waals surface area contributed by atoms with Gasteiger partial charge in [-0.1, -0.05) is 6.92 Å². The van der Waals surface area contributed by atoms with Crippen molar-refractivity contribution in [1.82, 2.24) is 25.1 Å². The Balaban J connectivity index is 1.49. The molecule has 28 heavy (non-hydrogen) atoms. The molecule has 1 unspecified atom stereocenters. The Morgan fingerprint density at radius 1 is 1.18 bits per heavy atom. The Bertz CT molecular complexity index is 643. The summed E-state index contributed by atoms with van der Waals surface area (Å²) in [4.78, 5) is 32.3. The molecule has 3 rings (SSSR count). The van der Waals surface area contributed by atoms with Crippen molar-refractivity contribution in [2.75, 3.05) is 57.3 Å². The van der Waals surface area contributed by atoms with Crippen LogP contribution in [0.3, 0.4) is 0 Å². The molecule has 2 saturated heterocycles. The summed E-state index contributed by atoms with van der Waals surface area (Å²) in [6, 6.07) is 1.83. The molecule has 1 N–H and O–H groups in total. The van der Waals surface area contributed by atoms with Gasteiger partial charge in [-0.25, -0.2) is 9.97 Å². The van der Waals surface area contributed by atoms with Crippen LogP contribution in [0, 0.1) is 5.92 Å². The minimum Gasteiger partial charge on any atom is -0.357 e. The molecule has 8 nitrogen and oxygen atoms in total. The van der Waals surface area contributed by atoms with E-state index in [9.17, 15) is 4.79 Å². The summed E-state index contributed by atoms with van der Waals surface area (Å²) in [5, 5.41) is 3.37. The Kier molecular flexibility index (Phi) is 7.45. The van der Waals surface area contributed by atoms with Crippen LogP contribution in [0.25, 0.3) is 0 Å². The minimum absolute atomic E-state index is 0.234. The quantitative estimate of drug-likeness (QED) is 0.605. The highest BCUT2D eigenvalue weighted by Gasteiger charge is 2.22. The molecule has 0 aromatic carbocycles. The number of nitrogens with one attached hydrogen (secondary N) is 1. The van der Waals surface area contributed by atoms with E-state index < -0.39 is 0 Å². The third kappa shape index (κ3) is 5.56. The molecule has 154 valence electrons. The van der Waals surface area contributed by atoms with Crippen molar-refractivity contribution in [1.29, 1.82) is 0 Å². The smallest absolute Gasteiger partial charge is 0.225 e. The van der Waals surface area contributed by atoms with Crippen LogP contribution >= 0.6 is 0 Å². The second-order valence-corrected chi connectivity index (χ2v) is 7.60. The van der Waals surface area contributed by atoms with Crippen LogP contribution in [-0.4, -0.2) is 84.0 Å². The van der Waals surface area contributed by atoms with Gasteiger partial charge >= 0.3 is 0 Å². The zero-order valence-corrected chi connectivity index (χ0v) is 17.2. The first-order valence-corrected chi connectivity index (χ1v) is 10.5. The van der Waals surface area contributed by atoms with E-state index in [0.717, 1.165) is 64.1 Å². The van der Waals surface area contributed by atoms with Crippen LogP contribution in [0.2, 0.25) is 0 Å². The Morgan fingerprint density at radius 3 is 2.61 bits per heavy atom. The van der Waals surface area contributed by atoms with Crippen molar-refractivity contribution < 1.29 is 4.79 Å². The van der Waals surface area contributed by atoms with Gasteiger partial charge in [-0.2, -0.15) is 0 Å². The number of carbonyl (C=O) groups excluding carboxylic acids is 1. The zero-order valence-electron chi connectivity index (χ0n) is 17.2. The summed E-state index contributed by atoms with van der Waals surface area (Å²) >= 11 is 0. The van der Waals surface area contributed by atoms with E-state index in [-0.39, 0.29) is 5.91 Å². The molecule has 0 aliphatic carbocycles. The van der Waals surface area contributed by atoms with Crippen molar-refractivity contribution >= 4 is 17.8 Å². The van der Waals surface area contributed by atoms with Gasteiger partial charge in [0.05, 0.1) is 6.54 Å². The van der Waals surface area contributed by atoms with Gasteiger partial charge in [0, 0.05) is 64.6 Å². The number of aliphatic imine (C=N–C) groups is 1. The topological polar surface area (TPSA) is 77.0 Å². The van der Waals surface area contributed by atoms with E-state index in [0.29, 0.717) is 18.9 Å². The largest absolute Gasteiger partial charge is 0.357 e. The molecular formula is C20H33N7O. The second-order valence-electron chi connectivity index (χ2n) is 7.60. The maximum Gasteiger partial charge on any atom is 0.225 e. The fourth-order valence-corrected chi connectivity index (χ4v) is 3.83. The number of carbonyl (C=O) groups is 1. The summed E-state index contributed by atoms with van der Waals surface area (Å²) in [6.07, 6.45) is 6.39. The number of rotatable bonds is 5. The highest BCUT2D eigenvalue weighted by atomic mass is 16.2. The van der Waals surface area contributed by atoms with E-state index in [2.05, 4.69) is 38.9 Å². The fraction of sp³-hybridized carbons (Fsp3) is 0.700. The number of piperazine rings is 1. The van der Waals surface area contributed by atoms with Crippen molar-refractivity contribution in [3.05, 3.63) is 18.5 Å². The summed E-state index contributed by atoms with van der Waals surface area (Å²) in [5.41, 5.74) is 0. The van der Waals surface area contributed by atoms with Gasteiger partial charge in [0.25, 0.3) is 0 Å². The molecule has 0 bridgehead atoms. The van der Waals surface area contributed by atoms with Crippen molar-refractivity contribution in [2.24, 2.45) is 10.9 Å². The number of aromatic nitrogens is 2. The first kappa shape index (κ1) is 20.4. The Hall–Kier alpha value is -2.38. The van der Waals surface area contributed by atoms with Crippen LogP contribution in [0.1, 0.15) is 33.1 Å². The van der Waals surface area contributed by atoms with Crippen LogP contribution < -0.4 is 10.2 Å². The average Bonchev–Trinajstić information content (AvgIpc) is 2.74. The number of guanidine groups is 1. The molecule has 1 aromatic heterocycles. The molecule has 1 aromatic rings. The Labute approximate surface area is 168 Å². The van der Waals surface area contributed by atoms with Gasteiger partial charge in [0.1, 0.15) is 0 Å². The normalized spacial score (nSPS) is 21.0. The van der Waals surface area contributed by atoms with Crippen molar-refractivity contribution in [3.63, 3.8) is 0 Å². The number of amides is 1. The predicted octanol–water partition coefficient (Wildman–Crippen LogP) is 1.21. The number of anilines is 1. The zero-order chi connectivity index (χ0) is 19.8. The standard InChI is InChI=1S/C20H33N7O/c1-3-21-19(24-10-7-18(28)27-11-4-6-17(2)16-27)25-12-14-26(15-13-25)20-22-8-5-9-23-20/h5,8-9,17H,3-4,6-7,10-16H2,1-2H3,(H,21,24). The molecule has 0 saturated carbocycles. The van der Waals surface area contributed by atoms with E-state index in [1.165, 1.54) is 6.42 Å². The second kappa shape index (κ2) is 10.2. The maximum atomic E-state index is 12.5. The number of piperidine rings is 1. The van der Waals surface area contributed by atoms with Crippen LogP contribution in [0.4, 0.5) is 5.95 Å². The van der Waals surface area contributed by atoms with E-state index in [1.807, 2.05) is 11.0 Å². The molecule has 0 spiro atoms. The van der Waals surface area contributed by atoms with Crippen molar-refractivity contribution in [3.8, 4) is 0 Å². The molecule has 2 aliphatic rings. The van der Waals surface area contributed by atoms with E-state index in [1.54, 1.807) is 12.4 Å². The van der Waals surface area contributed by atoms with Crippen LogP contribution in [-0.2, 0) is 4.79 Å². The van der Waals surface area contributed by atoms with Gasteiger partial charge in [0.2, 0.25) is 11.9 Å². The summed E-state index contributed by atoms with van der Waals surface area (Å²) in [7, 11) is 0. The van der Waals surface area contributed by atoms with Gasteiger partial charge in [0.15, 0.2) is 5.96 Å². The molecule has 1 amide bonds. The lowest BCUT2D eigenvalue weighted by atomic mass is 10.00. The molecule has 2 fully saturated rings. The molecule has 8 heteroatoms. The monoisotopic (exact) mass is 387 g/mol. The van der Waals surface area contributed by atoms with E-state index >= 15 is 0 Å². The number of nitrogens with zero attached hydrogens (tertiary/aromatic N) is 6. The fourth-order valence-electron chi connectivity index (χ4n) is 3.83. The molecule has 3 heterocycles. The lowest BCUT2D eigenvalue weighted by Crippen LogP contribution is -2.53. The lowest BCUT2D eigenvalue weighted by molar-refractivity contribution is -0.132. The number of hydrogen-bond donors (Lipinski definition) is 1. The molecular weight excluding hydrogens is 354 g/mol. The van der Waals surface area contributed by atoms with E-state index in [4.69, 9.17) is 4.99 Å². The third-order valence-electron chi connectivity index (χ3n) is 5.35. The Morgan fingerprint density at radius 2 is 1.93 bits per heavy atom. The van der Waals surface area contributed by atoms with Gasteiger partial charge in [-0.3, -0.25) is 9.79 Å². The molecule has 2 aliphatic heterocycles. The average molecular weight is 388 g/mol. The highest BCUT2D eigenvalue weighted by Crippen LogP contribution is 2.16. The highest BCUT2D eigenvalue weighted by molar-refractivity contribution is 5.81. The van der Waals surface area contributed by atoms with Crippen LogP contribution in [0.15, 0.2) is 23.5 Å². The molecule has 1 atom stereocenters. The first-order valence-electron chi connectivity index (χ1n) is 10.5.